The number of halogens is 1. The van der Waals surface area contributed by atoms with Crippen LogP contribution in [0, 0.1) is 11.8 Å². The molecule has 224 valence electrons. The molecular weight excluding hydrogens is 560 g/mol. The number of ketones is 2. The van der Waals surface area contributed by atoms with Crippen LogP contribution in [-0.2, 0) is 14.4 Å². The highest BCUT2D eigenvalue weighted by molar-refractivity contribution is 6.25. The van der Waals surface area contributed by atoms with Gasteiger partial charge in [-0.1, -0.05) is 13.0 Å². The lowest BCUT2D eigenvalue weighted by molar-refractivity contribution is -0.162. The minimum Gasteiger partial charge on any atom is -0.510 e. The van der Waals surface area contributed by atoms with Crippen LogP contribution in [0.25, 0.3) is 0 Å². The summed E-state index contributed by atoms with van der Waals surface area (Å²) in [6, 6.07) is 1.60. The van der Waals surface area contributed by atoms with Gasteiger partial charge in [0.15, 0.2) is 17.1 Å². The summed E-state index contributed by atoms with van der Waals surface area (Å²) in [5.41, 5.74) is 0.834. The van der Waals surface area contributed by atoms with Gasteiger partial charge in [0.05, 0.1) is 29.3 Å². The molecule has 5 unspecified atom stereocenters. The Kier molecular flexibility index (Phi) is 8.64. The lowest BCUT2D eigenvalue weighted by atomic mass is 9.55. The summed E-state index contributed by atoms with van der Waals surface area (Å²) in [7, 11) is 6.52. The van der Waals surface area contributed by atoms with Gasteiger partial charge >= 0.3 is 0 Å². The molecule has 1 aromatic carbocycles. The third kappa shape index (κ3) is 4.67. The molecule has 4 rings (SSSR count). The van der Waals surface area contributed by atoms with E-state index in [1.165, 1.54) is 31.1 Å². The summed E-state index contributed by atoms with van der Waals surface area (Å²) in [4.78, 5) is 54.9. The number of nitrogens with one attached hydrogen (secondary N) is 1. The molecule has 2 amide bonds. The molecule has 1 aromatic rings. The van der Waals surface area contributed by atoms with E-state index in [1.807, 2.05) is 0 Å². The molecule has 8 N–H and O–H groups in total. The molecule has 0 fully saturated rings. The first-order valence-electron chi connectivity index (χ1n) is 12.7. The number of anilines is 1. The molecule has 3 aliphatic carbocycles. The highest BCUT2D eigenvalue weighted by atomic mass is 35.5. The number of benzene rings is 1. The quantitative estimate of drug-likeness (QED) is 0.171. The van der Waals surface area contributed by atoms with E-state index in [9.17, 15) is 44.7 Å². The fraction of sp³-hybridized carbons (Fsp3) is 0.481. The van der Waals surface area contributed by atoms with Gasteiger partial charge in [-0.3, -0.25) is 24.1 Å². The Labute approximate surface area is 242 Å². The van der Waals surface area contributed by atoms with Crippen LogP contribution in [0.15, 0.2) is 34.8 Å². The molecule has 13 nitrogen and oxygen atoms in total. The van der Waals surface area contributed by atoms with Crippen molar-refractivity contribution >= 4 is 41.5 Å². The zero-order valence-corrected chi connectivity index (χ0v) is 24.0. The van der Waals surface area contributed by atoms with Crippen molar-refractivity contribution in [3.63, 3.8) is 0 Å². The minimum atomic E-state index is -2.99. The minimum absolute atomic E-state index is 0. The number of amides is 2. The number of nitrogens with two attached hydrogens (primary N) is 1. The van der Waals surface area contributed by atoms with E-state index in [4.69, 9.17) is 5.73 Å². The Morgan fingerprint density at radius 2 is 1.71 bits per heavy atom. The molecule has 0 bridgehead atoms. The number of primary amides is 1. The van der Waals surface area contributed by atoms with E-state index in [2.05, 4.69) is 5.32 Å². The zero-order valence-electron chi connectivity index (χ0n) is 23.2. The lowest BCUT2D eigenvalue weighted by Crippen LogP contribution is -2.68. The van der Waals surface area contributed by atoms with Gasteiger partial charge in [-0.25, -0.2) is 0 Å². The van der Waals surface area contributed by atoms with Gasteiger partial charge in [-0.05, 0) is 45.7 Å². The highest BCUT2D eigenvalue weighted by Crippen LogP contribution is 2.56. The van der Waals surface area contributed by atoms with Crippen LogP contribution in [0.2, 0.25) is 0 Å². The van der Waals surface area contributed by atoms with Gasteiger partial charge < -0.3 is 41.5 Å². The van der Waals surface area contributed by atoms with Crippen molar-refractivity contribution in [1.82, 2.24) is 9.80 Å². The third-order valence-corrected chi connectivity index (χ3v) is 8.19. The van der Waals surface area contributed by atoms with Crippen molar-refractivity contribution in [2.24, 2.45) is 17.6 Å². The third-order valence-electron chi connectivity index (χ3n) is 8.19. The number of likely N-dealkylation sites (N-methyl/N-ethyl adjacent to an activating group) is 1. The van der Waals surface area contributed by atoms with Crippen molar-refractivity contribution in [3.05, 3.63) is 45.9 Å². The number of hydrogen-bond donors (Lipinski definition) is 7. The SMILES string of the molecule is CC1c2ccc(NC(=O)CCN(C)C)c(O)c2C(=O)C2=C(O)C3(O)C(=O)C(C(N)=O)=C(O)[C@@H](N(C)C)C3C(O)C21.Cl. The molecule has 0 saturated heterocycles. The van der Waals surface area contributed by atoms with Crippen LogP contribution in [0.4, 0.5) is 5.69 Å². The van der Waals surface area contributed by atoms with E-state index in [0.717, 1.165) is 0 Å². The number of aromatic hydroxyl groups is 1. The summed E-state index contributed by atoms with van der Waals surface area (Å²) in [5, 5.41) is 59.2. The Bertz CT molecular complexity index is 1390. The standard InChI is InChI=1S/C27H34N4O9.ClH/c1-10-11-6-7-12(29-13(32)8-9-30(2)3)20(33)15(11)21(34)16-14(10)22(35)18-19(31(4)5)23(36)17(26(28)39)25(38)27(18,40)24(16)37;/h6-7,10,14,18-19,22,33,35-37,40H,8-9H2,1-5H3,(H2,28,39)(H,29,32);1H/t10?,14?,18?,19-,22?,27?;/m0./s1. The number of nitrogens with zero attached hydrogens (tertiary/aromatic N) is 2. The van der Waals surface area contributed by atoms with Crippen molar-refractivity contribution in [1.29, 1.82) is 0 Å². The molecule has 0 radical (unpaired) electrons. The van der Waals surface area contributed by atoms with E-state index in [0.29, 0.717) is 12.1 Å². The molecule has 0 aliphatic heterocycles. The average molecular weight is 595 g/mol. The zero-order chi connectivity index (χ0) is 30.0. The second-order valence-electron chi connectivity index (χ2n) is 11.1. The Morgan fingerprint density at radius 3 is 2.24 bits per heavy atom. The monoisotopic (exact) mass is 594 g/mol. The van der Waals surface area contributed by atoms with Crippen molar-refractivity contribution < 1.29 is 44.7 Å². The number of aliphatic hydroxyl groups is 4. The summed E-state index contributed by atoms with van der Waals surface area (Å²) in [6.45, 7) is 2.07. The summed E-state index contributed by atoms with van der Waals surface area (Å²) in [5.74, 6) is -10.2. The fourth-order valence-corrected chi connectivity index (χ4v) is 6.26. The van der Waals surface area contributed by atoms with E-state index in [1.54, 1.807) is 25.9 Å². The van der Waals surface area contributed by atoms with Crippen LogP contribution >= 0.6 is 12.4 Å². The summed E-state index contributed by atoms with van der Waals surface area (Å²) in [6.07, 6.45) is -1.57. The number of Topliss-reactive ketones (excluding diaryl/α,β-unsaturated/α-hetero) is 2. The average Bonchev–Trinajstić information content (AvgIpc) is 2.86. The largest absolute Gasteiger partial charge is 0.510 e. The maximum Gasteiger partial charge on any atom is 0.255 e. The van der Waals surface area contributed by atoms with Gasteiger partial charge in [0.25, 0.3) is 5.91 Å². The van der Waals surface area contributed by atoms with E-state index >= 15 is 0 Å². The Balaban J connectivity index is 0.00000462. The summed E-state index contributed by atoms with van der Waals surface area (Å²) < 4.78 is 0. The molecule has 0 aromatic heterocycles. The predicted molar refractivity (Wildman–Crippen MR) is 149 cm³/mol. The number of carbonyl (C=O) groups is 4. The van der Waals surface area contributed by atoms with Crippen molar-refractivity contribution in [2.45, 2.75) is 37.0 Å². The second-order valence-corrected chi connectivity index (χ2v) is 11.1. The number of fused-ring (bicyclic) bond motifs is 3. The molecule has 6 atom stereocenters. The molecular formula is C27H35ClN4O9. The number of carbonyl (C=O) groups excluding carboxylic acids is 4. The molecule has 3 aliphatic rings. The topological polar surface area (TPSA) is 214 Å². The molecule has 14 heteroatoms. The molecule has 0 saturated carbocycles. The highest BCUT2D eigenvalue weighted by Gasteiger charge is 2.67. The lowest BCUT2D eigenvalue weighted by Gasteiger charge is -2.53. The fourth-order valence-electron chi connectivity index (χ4n) is 6.26. The summed E-state index contributed by atoms with van der Waals surface area (Å²) >= 11 is 0. The van der Waals surface area contributed by atoms with Gasteiger partial charge in [-0.2, -0.15) is 0 Å². The normalized spacial score (nSPS) is 29.1. The Morgan fingerprint density at radius 1 is 1.10 bits per heavy atom. The van der Waals surface area contributed by atoms with E-state index < -0.39 is 87.3 Å². The van der Waals surface area contributed by atoms with Gasteiger partial charge in [0.2, 0.25) is 11.7 Å². The number of phenolic OH excluding ortho intramolecular Hbond substituents is 1. The predicted octanol–water partition coefficient (Wildman–Crippen LogP) is -0.0356. The molecule has 0 heterocycles. The van der Waals surface area contributed by atoms with Crippen LogP contribution in [0.5, 0.6) is 5.75 Å². The maximum atomic E-state index is 13.9. The van der Waals surface area contributed by atoms with Crippen LogP contribution in [0.1, 0.15) is 35.2 Å². The van der Waals surface area contributed by atoms with Gasteiger partial charge in [-0.15, -0.1) is 12.4 Å². The van der Waals surface area contributed by atoms with Crippen molar-refractivity contribution in [3.8, 4) is 5.75 Å². The molecule has 41 heavy (non-hydrogen) atoms. The number of rotatable bonds is 6. The van der Waals surface area contributed by atoms with Gasteiger partial charge in [0.1, 0.15) is 17.1 Å². The first-order valence-corrected chi connectivity index (χ1v) is 12.7. The van der Waals surface area contributed by atoms with Crippen molar-refractivity contribution in [2.75, 3.05) is 40.1 Å². The van der Waals surface area contributed by atoms with Crippen LogP contribution in [-0.4, -0.2) is 111 Å². The first kappa shape index (κ1) is 32.0. The number of aliphatic hydroxyl groups excluding tert-OH is 3. The van der Waals surface area contributed by atoms with Gasteiger partial charge in [0, 0.05) is 24.5 Å². The first-order chi connectivity index (χ1) is 18.6. The Hall–Kier alpha value is -3.49. The number of hydrogen-bond acceptors (Lipinski definition) is 11. The maximum absolute atomic E-state index is 13.9. The van der Waals surface area contributed by atoms with Crippen LogP contribution < -0.4 is 11.1 Å². The molecule has 0 spiro atoms. The smallest absolute Gasteiger partial charge is 0.255 e. The second kappa shape index (κ2) is 11.1. The van der Waals surface area contributed by atoms with Crippen LogP contribution in [0.3, 0.4) is 0 Å². The number of phenols is 1. The van der Waals surface area contributed by atoms with E-state index in [-0.39, 0.29) is 30.1 Å².